The first-order chi connectivity index (χ1) is 20.3. The number of hydrogen-bond donors (Lipinski definition) is 1. The van der Waals surface area contributed by atoms with Crippen LogP contribution in [-0.4, -0.2) is 70.5 Å². The molecule has 0 radical (unpaired) electrons. The van der Waals surface area contributed by atoms with Gasteiger partial charge in [-0.25, -0.2) is 0 Å². The number of ether oxygens (including phenoxy) is 4. The van der Waals surface area contributed by atoms with Crippen LogP contribution >= 0.6 is 0 Å². The average Bonchev–Trinajstić information content (AvgIpc) is 3.55. The van der Waals surface area contributed by atoms with E-state index in [4.69, 9.17) is 19.9 Å². The summed E-state index contributed by atoms with van der Waals surface area (Å²) in [5.74, 6) is -1.35. The van der Waals surface area contributed by atoms with Gasteiger partial charge in [0.2, 0.25) is 5.91 Å². The molecular formula is C30H33F3N4O6. The van der Waals surface area contributed by atoms with Gasteiger partial charge in [-0.3, -0.25) is 14.3 Å². The lowest BCUT2D eigenvalue weighted by Crippen LogP contribution is -2.42. The number of hydrogen-bond acceptors (Lipinski definition) is 7. The summed E-state index contributed by atoms with van der Waals surface area (Å²) in [5.41, 5.74) is 8.09. The van der Waals surface area contributed by atoms with E-state index in [9.17, 15) is 22.8 Å². The van der Waals surface area contributed by atoms with E-state index in [1.54, 1.807) is 27.9 Å². The SMILES string of the molecule is CC1(C)OC[C@@H](Cn2cc(-c3ccc(OC4CCN(C(=O)Cc5ccc(OC(F)(F)F)cc5)CC4)c(C(N)=O)c3)cn2)O1. The van der Waals surface area contributed by atoms with Crippen molar-refractivity contribution < 1.29 is 41.7 Å². The van der Waals surface area contributed by atoms with Gasteiger partial charge in [-0.15, -0.1) is 13.2 Å². The van der Waals surface area contributed by atoms with Gasteiger partial charge in [0.05, 0.1) is 31.3 Å². The van der Waals surface area contributed by atoms with E-state index in [-0.39, 0.29) is 35.8 Å². The molecule has 2 fully saturated rings. The van der Waals surface area contributed by atoms with E-state index in [0.717, 1.165) is 11.1 Å². The Bertz CT molecular complexity index is 1450. The van der Waals surface area contributed by atoms with Gasteiger partial charge in [0, 0.05) is 37.7 Å². The minimum Gasteiger partial charge on any atom is -0.489 e. The Balaban J connectivity index is 1.15. The number of rotatable bonds is 9. The Hall–Kier alpha value is -4.10. The highest BCUT2D eigenvalue weighted by Crippen LogP contribution is 2.30. The Morgan fingerprint density at radius 1 is 1.09 bits per heavy atom. The summed E-state index contributed by atoms with van der Waals surface area (Å²) in [6.45, 7) is 5.62. The van der Waals surface area contributed by atoms with Crippen LogP contribution < -0.4 is 15.2 Å². The van der Waals surface area contributed by atoms with Crippen molar-refractivity contribution >= 4 is 11.8 Å². The van der Waals surface area contributed by atoms with Crippen molar-refractivity contribution in [1.82, 2.24) is 14.7 Å². The summed E-state index contributed by atoms with van der Waals surface area (Å²) >= 11 is 0. The van der Waals surface area contributed by atoms with Crippen LogP contribution in [-0.2, 0) is 27.2 Å². The van der Waals surface area contributed by atoms with Gasteiger partial charge in [-0.05, 0) is 49.2 Å². The number of nitrogens with two attached hydrogens (primary N) is 1. The Morgan fingerprint density at radius 2 is 1.81 bits per heavy atom. The summed E-state index contributed by atoms with van der Waals surface area (Å²) in [4.78, 5) is 26.8. The number of halogens is 3. The Morgan fingerprint density at radius 3 is 2.44 bits per heavy atom. The molecule has 3 aromatic rings. The molecule has 2 N–H and O–H groups in total. The second-order valence-corrected chi connectivity index (χ2v) is 11.0. The van der Waals surface area contributed by atoms with Crippen LogP contribution in [0.5, 0.6) is 11.5 Å². The van der Waals surface area contributed by atoms with E-state index in [2.05, 4.69) is 9.84 Å². The lowest BCUT2D eigenvalue weighted by Gasteiger charge is -2.32. The van der Waals surface area contributed by atoms with Crippen molar-refractivity contribution in [3.63, 3.8) is 0 Å². The van der Waals surface area contributed by atoms with Gasteiger partial charge in [-0.1, -0.05) is 18.2 Å². The van der Waals surface area contributed by atoms with Crippen molar-refractivity contribution in [3.8, 4) is 22.6 Å². The number of carbonyl (C=O) groups excluding carboxylic acids is 2. The van der Waals surface area contributed by atoms with Gasteiger partial charge in [0.1, 0.15) is 23.7 Å². The molecule has 2 aliphatic rings. The number of amides is 2. The predicted octanol–water partition coefficient (Wildman–Crippen LogP) is 4.31. The monoisotopic (exact) mass is 602 g/mol. The Kier molecular flexibility index (Phi) is 8.65. The third kappa shape index (κ3) is 8.05. The second kappa shape index (κ2) is 12.3. The highest BCUT2D eigenvalue weighted by Gasteiger charge is 2.33. The van der Waals surface area contributed by atoms with Crippen LogP contribution in [0.3, 0.4) is 0 Å². The van der Waals surface area contributed by atoms with Gasteiger partial charge in [-0.2, -0.15) is 5.10 Å². The quantitative estimate of drug-likeness (QED) is 0.388. The highest BCUT2D eigenvalue weighted by atomic mass is 19.4. The molecule has 230 valence electrons. The topological polar surface area (TPSA) is 118 Å². The second-order valence-electron chi connectivity index (χ2n) is 11.0. The van der Waals surface area contributed by atoms with Crippen LogP contribution in [0.15, 0.2) is 54.9 Å². The molecule has 0 spiro atoms. The molecule has 1 atom stereocenters. The fourth-order valence-electron chi connectivity index (χ4n) is 5.18. The van der Waals surface area contributed by atoms with E-state index in [0.29, 0.717) is 50.4 Å². The molecule has 43 heavy (non-hydrogen) atoms. The number of alkyl halides is 3. The highest BCUT2D eigenvalue weighted by molar-refractivity contribution is 5.97. The summed E-state index contributed by atoms with van der Waals surface area (Å²) in [7, 11) is 0. The largest absolute Gasteiger partial charge is 0.573 e. The molecule has 5 rings (SSSR count). The third-order valence-electron chi connectivity index (χ3n) is 7.27. The first kappa shape index (κ1) is 30.4. The first-order valence-corrected chi connectivity index (χ1v) is 13.9. The standard InChI is InChI=1S/C30H33F3N4O6/c1-29(2)40-18-24(42-29)17-37-16-21(15-35-37)20-5-8-26(25(14-20)28(34)39)41-22-9-11-36(12-10-22)27(38)13-19-3-6-23(7-4-19)43-30(31,32)33/h3-8,14-16,22,24H,9-13,17-18H2,1-2H3,(H2,34,39)/t24-/m1/s1. The van der Waals surface area contributed by atoms with Gasteiger partial charge in [0.25, 0.3) is 5.91 Å². The molecule has 2 aromatic carbocycles. The van der Waals surface area contributed by atoms with E-state index >= 15 is 0 Å². The molecule has 13 heteroatoms. The van der Waals surface area contributed by atoms with Gasteiger partial charge < -0.3 is 29.6 Å². The van der Waals surface area contributed by atoms with E-state index in [1.807, 2.05) is 26.1 Å². The minimum absolute atomic E-state index is 0.0567. The normalized spacial score (nSPS) is 18.9. The van der Waals surface area contributed by atoms with Crippen LogP contribution in [0.2, 0.25) is 0 Å². The number of carbonyl (C=O) groups is 2. The number of nitrogens with zero attached hydrogens (tertiary/aromatic N) is 3. The maximum absolute atomic E-state index is 12.8. The molecule has 0 saturated carbocycles. The van der Waals surface area contributed by atoms with Crippen molar-refractivity contribution in [2.75, 3.05) is 19.7 Å². The van der Waals surface area contributed by atoms with Crippen molar-refractivity contribution in [2.24, 2.45) is 5.73 Å². The van der Waals surface area contributed by atoms with Gasteiger partial charge in [0.15, 0.2) is 5.79 Å². The molecule has 0 aliphatic carbocycles. The molecule has 2 aliphatic heterocycles. The molecular weight excluding hydrogens is 569 g/mol. The third-order valence-corrected chi connectivity index (χ3v) is 7.27. The van der Waals surface area contributed by atoms with Crippen LogP contribution in [0, 0.1) is 0 Å². The average molecular weight is 603 g/mol. The molecule has 0 unspecified atom stereocenters. The van der Waals surface area contributed by atoms with Crippen LogP contribution in [0.1, 0.15) is 42.6 Å². The number of benzene rings is 2. The lowest BCUT2D eigenvalue weighted by atomic mass is 10.0. The summed E-state index contributed by atoms with van der Waals surface area (Å²) in [6, 6.07) is 10.5. The van der Waals surface area contributed by atoms with Crippen molar-refractivity contribution in [1.29, 1.82) is 0 Å². The van der Waals surface area contributed by atoms with Gasteiger partial charge >= 0.3 is 6.36 Å². The number of aromatic nitrogens is 2. The van der Waals surface area contributed by atoms with Crippen LogP contribution in [0.4, 0.5) is 13.2 Å². The summed E-state index contributed by atoms with van der Waals surface area (Å²) in [5, 5.41) is 4.41. The van der Waals surface area contributed by atoms with E-state index in [1.165, 1.54) is 24.3 Å². The molecule has 10 nitrogen and oxygen atoms in total. The maximum atomic E-state index is 12.8. The van der Waals surface area contributed by atoms with E-state index < -0.39 is 18.1 Å². The summed E-state index contributed by atoms with van der Waals surface area (Å²) in [6.07, 6.45) is -0.400. The van der Waals surface area contributed by atoms with Crippen LogP contribution in [0.25, 0.3) is 11.1 Å². The van der Waals surface area contributed by atoms with Crippen molar-refractivity contribution in [3.05, 3.63) is 66.0 Å². The summed E-state index contributed by atoms with van der Waals surface area (Å²) < 4.78 is 60.3. The molecule has 3 heterocycles. The maximum Gasteiger partial charge on any atom is 0.573 e. The first-order valence-electron chi connectivity index (χ1n) is 13.9. The minimum atomic E-state index is -4.77. The lowest BCUT2D eigenvalue weighted by molar-refractivity contribution is -0.274. The van der Waals surface area contributed by atoms with Crippen molar-refractivity contribution in [2.45, 2.75) is 64.0 Å². The fraction of sp³-hybridized carbons (Fsp3) is 0.433. The molecule has 2 amide bonds. The zero-order valence-corrected chi connectivity index (χ0v) is 23.8. The smallest absolute Gasteiger partial charge is 0.489 e. The zero-order valence-electron chi connectivity index (χ0n) is 23.8. The molecule has 0 bridgehead atoms. The fourth-order valence-corrected chi connectivity index (χ4v) is 5.18. The predicted molar refractivity (Wildman–Crippen MR) is 148 cm³/mol. The molecule has 1 aromatic heterocycles. The number of likely N-dealkylation sites (tertiary alicyclic amines) is 1. The number of primary amides is 1. The molecule has 2 saturated heterocycles. The Labute approximate surface area is 246 Å². The number of piperidine rings is 1. The zero-order chi connectivity index (χ0) is 30.8.